The van der Waals surface area contributed by atoms with Gasteiger partial charge in [0.15, 0.2) is 0 Å². The van der Waals surface area contributed by atoms with Crippen LogP contribution in [0.3, 0.4) is 0 Å². The van der Waals surface area contributed by atoms with Gasteiger partial charge in [-0.1, -0.05) is 24.1 Å². The van der Waals surface area contributed by atoms with E-state index < -0.39 is 0 Å². The van der Waals surface area contributed by atoms with E-state index in [-0.39, 0.29) is 0 Å². The molecule has 4 heteroatoms. The van der Waals surface area contributed by atoms with Crippen LogP contribution in [0.4, 0.5) is 0 Å². The molecule has 1 heterocycles. The number of rotatable bonds is 1. The molecule has 1 aromatic carbocycles. The molecule has 1 fully saturated rings. The second-order valence-electron chi connectivity index (χ2n) is 4.59. The summed E-state index contributed by atoms with van der Waals surface area (Å²) in [6.07, 6.45) is 3.66. The molecular weight excluding hydrogens is 300 g/mol. The second-order valence-corrected chi connectivity index (χ2v) is 5.80. The highest BCUT2D eigenvalue weighted by Crippen LogP contribution is 2.37. The second kappa shape index (κ2) is 4.21. The third-order valence-electron chi connectivity index (χ3n) is 3.44. The Morgan fingerprint density at radius 2 is 2.06 bits per heavy atom. The van der Waals surface area contributed by atoms with E-state index in [1.165, 1.54) is 19.3 Å². The van der Waals surface area contributed by atoms with E-state index >= 15 is 0 Å². The first-order chi connectivity index (χ1) is 8.16. The minimum absolute atomic E-state index is 0.510. The molecule has 0 N–H and O–H groups in total. The molecule has 2 aromatic rings. The Bertz CT molecular complexity index is 593. The molecule has 0 atom stereocenters. The number of hydrogen-bond acceptors (Lipinski definition) is 2. The van der Waals surface area contributed by atoms with Crippen molar-refractivity contribution in [1.82, 2.24) is 9.97 Å². The van der Waals surface area contributed by atoms with Crippen LogP contribution in [0.15, 0.2) is 16.6 Å². The summed E-state index contributed by atoms with van der Waals surface area (Å²) in [5, 5.41) is 1.49. The summed E-state index contributed by atoms with van der Waals surface area (Å²) in [5.41, 5.74) is 2.12. The summed E-state index contributed by atoms with van der Waals surface area (Å²) in [7, 11) is 0. The molecule has 3 rings (SSSR count). The molecule has 0 spiro atoms. The fraction of sp³-hybridized carbons (Fsp3) is 0.385. The number of aromatic nitrogens is 2. The van der Waals surface area contributed by atoms with Crippen molar-refractivity contribution in [2.24, 2.45) is 0 Å². The molecule has 0 saturated heterocycles. The van der Waals surface area contributed by atoms with Crippen LogP contribution < -0.4 is 0 Å². The van der Waals surface area contributed by atoms with Crippen LogP contribution in [-0.4, -0.2) is 9.97 Å². The van der Waals surface area contributed by atoms with E-state index in [0.717, 1.165) is 26.8 Å². The summed E-state index contributed by atoms with van der Waals surface area (Å²) < 4.78 is 0.961. The zero-order chi connectivity index (χ0) is 12.0. The SMILES string of the molecule is Cc1ccc(Br)c2c(Cl)nc(C3CCC3)nc12. The van der Waals surface area contributed by atoms with Crippen LogP contribution in [0.2, 0.25) is 5.15 Å². The lowest BCUT2D eigenvalue weighted by atomic mass is 9.85. The van der Waals surface area contributed by atoms with Crippen LogP contribution >= 0.6 is 27.5 Å². The highest BCUT2D eigenvalue weighted by Gasteiger charge is 2.24. The van der Waals surface area contributed by atoms with Gasteiger partial charge in [-0.15, -0.1) is 0 Å². The summed E-state index contributed by atoms with van der Waals surface area (Å²) in [5.74, 6) is 1.42. The standard InChI is InChI=1S/C13H12BrClN2/c1-7-5-6-9(14)10-11(7)16-13(17-12(10)15)8-3-2-4-8/h5-6,8H,2-4H2,1H3. The van der Waals surface area contributed by atoms with Gasteiger partial charge in [-0.25, -0.2) is 9.97 Å². The molecule has 0 unspecified atom stereocenters. The lowest BCUT2D eigenvalue weighted by Crippen LogP contribution is -2.13. The largest absolute Gasteiger partial charge is 0.232 e. The summed E-state index contributed by atoms with van der Waals surface area (Å²) in [4.78, 5) is 9.14. The molecule has 0 amide bonds. The fourth-order valence-corrected chi connectivity index (χ4v) is 3.06. The van der Waals surface area contributed by atoms with Crippen molar-refractivity contribution in [2.75, 3.05) is 0 Å². The maximum atomic E-state index is 6.28. The van der Waals surface area contributed by atoms with Gasteiger partial charge in [-0.2, -0.15) is 0 Å². The zero-order valence-electron chi connectivity index (χ0n) is 9.50. The minimum atomic E-state index is 0.510. The number of nitrogens with zero attached hydrogens (tertiary/aromatic N) is 2. The maximum absolute atomic E-state index is 6.28. The Labute approximate surface area is 114 Å². The number of benzene rings is 1. The van der Waals surface area contributed by atoms with Gasteiger partial charge in [-0.05, 0) is 47.3 Å². The first kappa shape index (κ1) is 11.4. The average molecular weight is 312 g/mol. The van der Waals surface area contributed by atoms with E-state index in [1.54, 1.807) is 0 Å². The maximum Gasteiger partial charge on any atom is 0.141 e. The summed E-state index contributed by atoms with van der Waals surface area (Å²) in [6, 6.07) is 4.05. The molecule has 0 aliphatic heterocycles. The van der Waals surface area contributed by atoms with Gasteiger partial charge in [0, 0.05) is 10.4 Å². The van der Waals surface area contributed by atoms with Crippen LogP contribution in [0.1, 0.15) is 36.6 Å². The molecule has 1 aliphatic carbocycles. The van der Waals surface area contributed by atoms with Gasteiger partial charge in [0.2, 0.25) is 0 Å². The van der Waals surface area contributed by atoms with Crippen molar-refractivity contribution in [1.29, 1.82) is 0 Å². The van der Waals surface area contributed by atoms with Crippen molar-refractivity contribution in [3.05, 3.63) is 33.1 Å². The van der Waals surface area contributed by atoms with Gasteiger partial charge < -0.3 is 0 Å². The monoisotopic (exact) mass is 310 g/mol. The zero-order valence-corrected chi connectivity index (χ0v) is 11.8. The van der Waals surface area contributed by atoms with E-state index in [1.807, 2.05) is 6.07 Å². The number of hydrogen-bond donors (Lipinski definition) is 0. The third-order valence-corrected chi connectivity index (χ3v) is 4.38. The molecule has 88 valence electrons. The van der Waals surface area contributed by atoms with Crippen molar-refractivity contribution in [3.63, 3.8) is 0 Å². The smallest absolute Gasteiger partial charge is 0.141 e. The Morgan fingerprint density at radius 3 is 2.71 bits per heavy atom. The van der Waals surface area contributed by atoms with E-state index in [9.17, 15) is 0 Å². The number of fused-ring (bicyclic) bond motifs is 1. The predicted octanol–water partition coefficient (Wildman–Crippen LogP) is 4.62. The Hall–Kier alpha value is -0.670. The lowest BCUT2D eigenvalue weighted by Gasteiger charge is -2.24. The highest BCUT2D eigenvalue weighted by atomic mass is 79.9. The van der Waals surface area contributed by atoms with Crippen LogP contribution in [0.25, 0.3) is 10.9 Å². The van der Waals surface area contributed by atoms with E-state index in [0.29, 0.717) is 11.1 Å². The first-order valence-electron chi connectivity index (χ1n) is 5.79. The minimum Gasteiger partial charge on any atom is -0.232 e. The van der Waals surface area contributed by atoms with Gasteiger partial charge in [0.05, 0.1) is 10.9 Å². The molecule has 1 aliphatic rings. The van der Waals surface area contributed by atoms with Crippen molar-refractivity contribution >= 4 is 38.4 Å². The lowest BCUT2D eigenvalue weighted by molar-refractivity contribution is 0.402. The Morgan fingerprint density at radius 1 is 1.29 bits per heavy atom. The topological polar surface area (TPSA) is 25.8 Å². The number of aryl methyl sites for hydroxylation is 1. The molecule has 2 nitrogen and oxygen atoms in total. The summed E-state index contributed by atoms with van der Waals surface area (Å²) in [6.45, 7) is 2.06. The Balaban J connectivity index is 2.27. The molecular formula is C13H12BrClN2. The van der Waals surface area contributed by atoms with Crippen molar-refractivity contribution < 1.29 is 0 Å². The molecule has 1 saturated carbocycles. The average Bonchev–Trinajstić information content (AvgIpc) is 2.20. The Kier molecular flexibility index (Phi) is 2.83. The van der Waals surface area contributed by atoms with Crippen LogP contribution in [0.5, 0.6) is 0 Å². The normalized spacial score (nSPS) is 16.2. The van der Waals surface area contributed by atoms with E-state index in [4.69, 9.17) is 16.6 Å². The van der Waals surface area contributed by atoms with Gasteiger partial charge in [0.1, 0.15) is 11.0 Å². The van der Waals surface area contributed by atoms with E-state index in [2.05, 4.69) is 33.9 Å². The van der Waals surface area contributed by atoms with Gasteiger partial charge >= 0.3 is 0 Å². The van der Waals surface area contributed by atoms with Gasteiger partial charge in [0.25, 0.3) is 0 Å². The van der Waals surface area contributed by atoms with Crippen LogP contribution in [0, 0.1) is 6.92 Å². The molecule has 0 bridgehead atoms. The third kappa shape index (κ3) is 1.85. The predicted molar refractivity (Wildman–Crippen MR) is 73.6 cm³/mol. The van der Waals surface area contributed by atoms with Crippen molar-refractivity contribution in [3.8, 4) is 0 Å². The van der Waals surface area contributed by atoms with Crippen LogP contribution in [-0.2, 0) is 0 Å². The molecule has 0 radical (unpaired) electrons. The summed E-state index contributed by atoms with van der Waals surface area (Å²) >= 11 is 9.79. The number of halogens is 2. The first-order valence-corrected chi connectivity index (χ1v) is 6.96. The molecule has 17 heavy (non-hydrogen) atoms. The highest BCUT2D eigenvalue weighted by molar-refractivity contribution is 9.10. The van der Waals surface area contributed by atoms with Gasteiger partial charge in [-0.3, -0.25) is 0 Å². The fourth-order valence-electron chi connectivity index (χ4n) is 2.16. The van der Waals surface area contributed by atoms with Crippen molar-refractivity contribution in [2.45, 2.75) is 32.1 Å². The quantitative estimate of drug-likeness (QED) is 0.718. The molecule has 1 aromatic heterocycles.